The number of carboxylic acid groups (broad SMARTS) is 1. The number of furan rings is 1. The lowest BCUT2D eigenvalue weighted by molar-refractivity contribution is -0.140. The van der Waals surface area contributed by atoms with Crippen molar-refractivity contribution in [1.29, 1.82) is 0 Å². The quantitative estimate of drug-likeness (QED) is 0.717. The summed E-state index contributed by atoms with van der Waals surface area (Å²) in [6.45, 7) is 0.115. The number of fused-ring (bicyclic) bond motifs is 3. The van der Waals surface area contributed by atoms with Gasteiger partial charge in [-0.2, -0.15) is 0 Å². The van der Waals surface area contributed by atoms with Crippen LogP contribution in [0.2, 0.25) is 0 Å². The van der Waals surface area contributed by atoms with Gasteiger partial charge in [0, 0.05) is 5.92 Å². The van der Waals surface area contributed by atoms with Crippen molar-refractivity contribution in [2.75, 3.05) is 6.61 Å². The molecule has 0 bridgehead atoms. The maximum Gasteiger partial charge on any atom is 0.408 e. The monoisotopic (exact) mass is 363 g/mol. The van der Waals surface area contributed by atoms with Crippen LogP contribution >= 0.6 is 0 Å². The fraction of sp³-hybridized carbons (Fsp3) is 0.143. The number of nitrogens with one attached hydrogen (secondary N) is 1. The van der Waals surface area contributed by atoms with E-state index in [1.165, 1.54) is 12.3 Å². The number of ether oxygens (including phenoxy) is 1. The van der Waals surface area contributed by atoms with E-state index in [2.05, 4.69) is 5.32 Å². The molecule has 6 heteroatoms. The van der Waals surface area contributed by atoms with Crippen molar-refractivity contribution < 1.29 is 23.8 Å². The van der Waals surface area contributed by atoms with Crippen molar-refractivity contribution in [3.63, 3.8) is 0 Å². The SMILES string of the molecule is O=C(NC(C(=O)O)c1ccco1)OCC1c2ccccc2-c2ccccc21. The molecule has 0 fully saturated rings. The molecule has 1 unspecified atom stereocenters. The molecule has 0 radical (unpaired) electrons. The highest BCUT2D eigenvalue weighted by Crippen LogP contribution is 2.44. The molecule has 1 aliphatic rings. The Labute approximate surface area is 155 Å². The molecule has 136 valence electrons. The van der Waals surface area contributed by atoms with Gasteiger partial charge in [0.1, 0.15) is 12.4 Å². The first-order valence-corrected chi connectivity index (χ1v) is 8.53. The van der Waals surface area contributed by atoms with Gasteiger partial charge in [-0.15, -0.1) is 0 Å². The predicted octanol–water partition coefficient (Wildman–Crippen LogP) is 3.94. The normalized spacial score (nSPS) is 13.5. The van der Waals surface area contributed by atoms with Gasteiger partial charge in [0.05, 0.1) is 6.26 Å². The van der Waals surface area contributed by atoms with Gasteiger partial charge in [0.25, 0.3) is 0 Å². The standard InChI is InChI=1S/C21H17NO5/c23-20(24)19(18-10-5-11-26-18)22-21(25)27-12-17-15-8-3-1-6-13(15)14-7-2-4-9-16(14)17/h1-11,17,19H,12H2,(H,22,25)(H,23,24). The number of hydrogen-bond acceptors (Lipinski definition) is 4. The predicted molar refractivity (Wildman–Crippen MR) is 97.3 cm³/mol. The van der Waals surface area contributed by atoms with E-state index in [1.807, 2.05) is 48.5 Å². The van der Waals surface area contributed by atoms with E-state index < -0.39 is 18.1 Å². The Hall–Kier alpha value is -3.54. The van der Waals surface area contributed by atoms with E-state index in [0.717, 1.165) is 22.3 Å². The molecule has 3 aromatic rings. The van der Waals surface area contributed by atoms with E-state index in [-0.39, 0.29) is 18.3 Å². The number of aliphatic carboxylic acids is 1. The van der Waals surface area contributed by atoms with Crippen molar-refractivity contribution in [2.45, 2.75) is 12.0 Å². The molecule has 1 amide bonds. The number of carbonyl (C=O) groups is 2. The summed E-state index contributed by atoms with van der Waals surface area (Å²) in [6, 6.07) is 17.7. The van der Waals surface area contributed by atoms with E-state index >= 15 is 0 Å². The summed E-state index contributed by atoms with van der Waals surface area (Å²) < 4.78 is 10.4. The molecule has 0 spiro atoms. The van der Waals surface area contributed by atoms with Crippen LogP contribution in [0.3, 0.4) is 0 Å². The summed E-state index contributed by atoms with van der Waals surface area (Å²) in [7, 11) is 0. The lowest BCUT2D eigenvalue weighted by atomic mass is 9.98. The molecule has 0 saturated heterocycles. The first kappa shape index (κ1) is 16.9. The highest BCUT2D eigenvalue weighted by Gasteiger charge is 2.30. The third-order valence-electron chi connectivity index (χ3n) is 4.68. The van der Waals surface area contributed by atoms with Crippen LogP contribution in [0.4, 0.5) is 4.79 Å². The zero-order chi connectivity index (χ0) is 18.8. The lowest BCUT2D eigenvalue weighted by Crippen LogP contribution is -2.34. The Morgan fingerprint density at radius 2 is 1.63 bits per heavy atom. The average Bonchev–Trinajstić information content (AvgIpc) is 3.31. The minimum absolute atomic E-state index is 0.0879. The summed E-state index contributed by atoms with van der Waals surface area (Å²) in [6.07, 6.45) is 0.547. The Balaban J connectivity index is 1.49. The third kappa shape index (κ3) is 3.17. The summed E-state index contributed by atoms with van der Waals surface area (Å²) >= 11 is 0. The number of benzene rings is 2. The molecule has 27 heavy (non-hydrogen) atoms. The zero-order valence-electron chi connectivity index (χ0n) is 14.3. The Morgan fingerprint density at radius 1 is 1.00 bits per heavy atom. The van der Waals surface area contributed by atoms with Gasteiger partial charge >= 0.3 is 12.1 Å². The van der Waals surface area contributed by atoms with Crippen LogP contribution in [0.15, 0.2) is 71.3 Å². The number of hydrogen-bond donors (Lipinski definition) is 2. The van der Waals surface area contributed by atoms with Crippen LogP contribution in [0.25, 0.3) is 11.1 Å². The number of amides is 1. The molecule has 1 heterocycles. The molecule has 0 saturated carbocycles. The molecule has 1 atom stereocenters. The van der Waals surface area contributed by atoms with Gasteiger partial charge < -0.3 is 19.6 Å². The Bertz CT molecular complexity index is 934. The fourth-order valence-electron chi connectivity index (χ4n) is 3.47. The van der Waals surface area contributed by atoms with E-state index in [9.17, 15) is 14.7 Å². The molecule has 0 aliphatic heterocycles. The van der Waals surface area contributed by atoms with Crippen LogP contribution in [-0.4, -0.2) is 23.8 Å². The summed E-state index contributed by atoms with van der Waals surface area (Å²) in [4.78, 5) is 23.6. The number of rotatable bonds is 5. The van der Waals surface area contributed by atoms with Crippen LogP contribution in [0.1, 0.15) is 28.8 Å². The van der Waals surface area contributed by atoms with Crippen molar-refractivity contribution in [2.24, 2.45) is 0 Å². The highest BCUT2D eigenvalue weighted by atomic mass is 16.5. The van der Waals surface area contributed by atoms with Gasteiger partial charge in [-0.25, -0.2) is 9.59 Å². The van der Waals surface area contributed by atoms with Gasteiger partial charge in [0.2, 0.25) is 0 Å². The minimum Gasteiger partial charge on any atom is -0.479 e. The largest absolute Gasteiger partial charge is 0.479 e. The topological polar surface area (TPSA) is 88.8 Å². The average molecular weight is 363 g/mol. The summed E-state index contributed by atoms with van der Waals surface area (Å²) in [5.74, 6) is -1.18. The van der Waals surface area contributed by atoms with Crippen molar-refractivity contribution >= 4 is 12.1 Å². The molecule has 4 rings (SSSR count). The van der Waals surface area contributed by atoms with Crippen molar-refractivity contribution in [3.05, 3.63) is 83.8 Å². The number of carbonyl (C=O) groups excluding carboxylic acids is 1. The van der Waals surface area contributed by atoms with Gasteiger partial charge in [-0.05, 0) is 34.4 Å². The molecule has 2 N–H and O–H groups in total. The summed E-state index contributed by atoms with van der Waals surface area (Å²) in [5, 5.41) is 11.6. The molecular formula is C21H17NO5. The zero-order valence-corrected chi connectivity index (χ0v) is 14.3. The molecule has 1 aromatic heterocycles. The maximum absolute atomic E-state index is 12.2. The summed E-state index contributed by atoms with van der Waals surface area (Å²) in [5.41, 5.74) is 4.43. The third-order valence-corrected chi connectivity index (χ3v) is 4.68. The molecule has 6 nitrogen and oxygen atoms in total. The van der Waals surface area contributed by atoms with Crippen molar-refractivity contribution in [1.82, 2.24) is 5.32 Å². The van der Waals surface area contributed by atoms with Crippen LogP contribution in [0, 0.1) is 0 Å². The smallest absolute Gasteiger partial charge is 0.408 e. The van der Waals surface area contributed by atoms with E-state index in [4.69, 9.17) is 9.15 Å². The van der Waals surface area contributed by atoms with E-state index in [0.29, 0.717) is 0 Å². The van der Waals surface area contributed by atoms with Gasteiger partial charge in [0.15, 0.2) is 6.04 Å². The second kappa shape index (κ2) is 6.99. The lowest BCUT2D eigenvalue weighted by Gasteiger charge is -2.16. The minimum atomic E-state index is -1.30. The van der Waals surface area contributed by atoms with Gasteiger partial charge in [-0.1, -0.05) is 48.5 Å². The van der Waals surface area contributed by atoms with Crippen LogP contribution in [0.5, 0.6) is 0 Å². The van der Waals surface area contributed by atoms with E-state index in [1.54, 1.807) is 6.07 Å². The van der Waals surface area contributed by atoms with Crippen molar-refractivity contribution in [3.8, 4) is 11.1 Å². The Morgan fingerprint density at radius 3 is 2.19 bits per heavy atom. The molecule has 1 aliphatic carbocycles. The Kier molecular flexibility index (Phi) is 4.38. The number of carboxylic acids is 1. The van der Waals surface area contributed by atoms with Gasteiger partial charge in [-0.3, -0.25) is 0 Å². The van der Waals surface area contributed by atoms with Crippen LogP contribution in [-0.2, 0) is 9.53 Å². The maximum atomic E-state index is 12.2. The second-order valence-corrected chi connectivity index (χ2v) is 6.26. The first-order valence-electron chi connectivity index (χ1n) is 8.53. The number of alkyl carbamates (subject to hydrolysis) is 1. The van der Waals surface area contributed by atoms with Crippen LogP contribution < -0.4 is 5.32 Å². The molecular weight excluding hydrogens is 346 g/mol. The fourth-order valence-corrected chi connectivity index (χ4v) is 3.47. The highest BCUT2D eigenvalue weighted by molar-refractivity contribution is 5.81. The first-order chi connectivity index (χ1) is 13.1. The second-order valence-electron chi connectivity index (χ2n) is 6.26. The molecule has 2 aromatic carbocycles.